The number of nitrogens with zero attached hydrogens (tertiary/aromatic N) is 1. The fourth-order valence-electron chi connectivity index (χ4n) is 1.36. The summed E-state index contributed by atoms with van der Waals surface area (Å²) in [6.07, 6.45) is 3.12. The number of esters is 1. The van der Waals surface area contributed by atoms with Gasteiger partial charge in [-0.25, -0.2) is 9.78 Å². The van der Waals surface area contributed by atoms with E-state index in [2.05, 4.69) is 9.72 Å². The van der Waals surface area contributed by atoms with Crippen LogP contribution >= 0.6 is 23.4 Å². The summed E-state index contributed by atoms with van der Waals surface area (Å²) < 4.78 is 9.92. The molecule has 2 aromatic rings. The number of hydrogen-bond donors (Lipinski definition) is 0. The van der Waals surface area contributed by atoms with E-state index in [0.29, 0.717) is 27.1 Å². The van der Waals surface area contributed by atoms with Gasteiger partial charge in [-0.2, -0.15) is 0 Å². The lowest BCUT2D eigenvalue weighted by atomic mass is 10.3. The van der Waals surface area contributed by atoms with E-state index in [4.69, 9.17) is 16.0 Å². The van der Waals surface area contributed by atoms with Crippen LogP contribution in [-0.4, -0.2) is 18.1 Å². The molecule has 4 nitrogen and oxygen atoms in total. The fourth-order valence-corrected chi connectivity index (χ4v) is 2.47. The van der Waals surface area contributed by atoms with Crippen molar-refractivity contribution in [3.8, 4) is 0 Å². The minimum Gasteiger partial charge on any atom is -0.468 e. The SMILES string of the molecule is COC(=O)c1ccoc1CSc1ncccc1Cl. The summed E-state index contributed by atoms with van der Waals surface area (Å²) in [5.41, 5.74) is 0.428. The van der Waals surface area contributed by atoms with Crippen LogP contribution in [0.4, 0.5) is 0 Å². The van der Waals surface area contributed by atoms with Gasteiger partial charge in [0.05, 0.1) is 24.1 Å². The molecule has 2 aromatic heterocycles. The summed E-state index contributed by atoms with van der Waals surface area (Å²) >= 11 is 7.39. The van der Waals surface area contributed by atoms with Crippen LogP contribution in [-0.2, 0) is 10.5 Å². The van der Waals surface area contributed by atoms with Gasteiger partial charge in [-0.1, -0.05) is 23.4 Å². The minimum atomic E-state index is -0.411. The van der Waals surface area contributed by atoms with Crippen LogP contribution < -0.4 is 0 Å². The normalized spacial score (nSPS) is 10.3. The largest absolute Gasteiger partial charge is 0.468 e. The molecule has 94 valence electrons. The summed E-state index contributed by atoms with van der Waals surface area (Å²) in [7, 11) is 1.34. The molecule has 0 radical (unpaired) electrons. The van der Waals surface area contributed by atoms with E-state index in [9.17, 15) is 4.79 Å². The molecular formula is C12H10ClNO3S. The molecule has 0 aromatic carbocycles. The number of methoxy groups -OCH3 is 1. The van der Waals surface area contributed by atoms with Gasteiger partial charge in [-0.05, 0) is 18.2 Å². The molecule has 0 saturated heterocycles. The lowest BCUT2D eigenvalue weighted by Crippen LogP contribution is -2.02. The van der Waals surface area contributed by atoms with Gasteiger partial charge < -0.3 is 9.15 Å². The van der Waals surface area contributed by atoms with Crippen LogP contribution in [0.15, 0.2) is 40.1 Å². The third-order valence-corrected chi connectivity index (χ3v) is 3.64. The molecule has 0 amide bonds. The number of thioether (sulfide) groups is 1. The van der Waals surface area contributed by atoms with E-state index in [1.165, 1.54) is 25.1 Å². The zero-order chi connectivity index (χ0) is 13.0. The summed E-state index contributed by atoms with van der Waals surface area (Å²) in [5.74, 6) is 0.605. The molecule has 0 saturated carbocycles. The second kappa shape index (κ2) is 5.93. The predicted octanol–water partition coefficient (Wildman–Crippen LogP) is 3.41. The summed E-state index contributed by atoms with van der Waals surface area (Å²) in [5, 5.41) is 1.28. The third-order valence-electron chi connectivity index (χ3n) is 2.22. The first kappa shape index (κ1) is 13.0. The number of halogens is 1. The van der Waals surface area contributed by atoms with E-state index in [0.717, 1.165) is 0 Å². The lowest BCUT2D eigenvalue weighted by Gasteiger charge is -2.02. The first-order chi connectivity index (χ1) is 8.72. The van der Waals surface area contributed by atoms with Crippen molar-refractivity contribution in [1.29, 1.82) is 0 Å². The molecule has 0 aliphatic heterocycles. The molecule has 6 heteroatoms. The van der Waals surface area contributed by atoms with Gasteiger partial charge in [0.15, 0.2) is 0 Å². The smallest absolute Gasteiger partial charge is 0.341 e. The fraction of sp³-hybridized carbons (Fsp3) is 0.167. The van der Waals surface area contributed by atoms with E-state index >= 15 is 0 Å². The molecule has 0 fully saturated rings. The molecule has 0 N–H and O–H groups in total. The number of rotatable bonds is 4. The molecule has 0 unspecified atom stereocenters. The molecule has 0 spiro atoms. The van der Waals surface area contributed by atoms with E-state index in [-0.39, 0.29) is 0 Å². The average molecular weight is 284 g/mol. The number of carbonyl (C=O) groups is 1. The van der Waals surface area contributed by atoms with Crippen LogP contribution in [0, 0.1) is 0 Å². The van der Waals surface area contributed by atoms with Crippen LogP contribution in [0.25, 0.3) is 0 Å². The van der Waals surface area contributed by atoms with Crippen molar-refractivity contribution >= 4 is 29.3 Å². The Hall–Kier alpha value is -1.46. The molecule has 0 atom stereocenters. The average Bonchev–Trinajstić information content (AvgIpc) is 2.85. The van der Waals surface area contributed by atoms with Gasteiger partial charge in [0.1, 0.15) is 16.3 Å². The topological polar surface area (TPSA) is 52.3 Å². The molecular weight excluding hydrogens is 274 g/mol. The zero-order valence-electron chi connectivity index (χ0n) is 9.55. The Labute approximate surface area is 113 Å². The van der Waals surface area contributed by atoms with Crippen LogP contribution in [0.3, 0.4) is 0 Å². The highest BCUT2D eigenvalue weighted by Gasteiger charge is 2.15. The first-order valence-corrected chi connectivity index (χ1v) is 6.46. The lowest BCUT2D eigenvalue weighted by molar-refractivity contribution is 0.0598. The van der Waals surface area contributed by atoms with Crippen molar-refractivity contribution in [3.63, 3.8) is 0 Å². The Morgan fingerprint density at radius 2 is 2.39 bits per heavy atom. The molecule has 2 heterocycles. The number of ether oxygens (including phenoxy) is 1. The maximum atomic E-state index is 11.4. The highest BCUT2D eigenvalue weighted by Crippen LogP contribution is 2.28. The van der Waals surface area contributed by atoms with Gasteiger partial charge in [-0.3, -0.25) is 0 Å². The van der Waals surface area contributed by atoms with E-state index < -0.39 is 5.97 Å². The van der Waals surface area contributed by atoms with E-state index in [1.54, 1.807) is 24.4 Å². The van der Waals surface area contributed by atoms with Gasteiger partial charge >= 0.3 is 5.97 Å². The van der Waals surface area contributed by atoms with Crippen molar-refractivity contribution in [2.45, 2.75) is 10.8 Å². The van der Waals surface area contributed by atoms with E-state index in [1.807, 2.05) is 0 Å². The van der Waals surface area contributed by atoms with Crippen LogP contribution in [0.1, 0.15) is 16.1 Å². The second-order valence-corrected chi connectivity index (χ2v) is 4.70. The minimum absolute atomic E-state index is 0.411. The molecule has 0 bridgehead atoms. The quantitative estimate of drug-likeness (QED) is 0.636. The highest BCUT2D eigenvalue weighted by molar-refractivity contribution is 7.98. The second-order valence-electron chi connectivity index (χ2n) is 3.33. The number of hydrogen-bond acceptors (Lipinski definition) is 5. The van der Waals surface area contributed by atoms with Crippen molar-refractivity contribution in [2.24, 2.45) is 0 Å². The van der Waals surface area contributed by atoms with Gasteiger partial charge in [0, 0.05) is 6.20 Å². The Morgan fingerprint density at radius 1 is 1.56 bits per heavy atom. The molecule has 0 aliphatic carbocycles. The Morgan fingerprint density at radius 3 is 3.11 bits per heavy atom. The molecule has 2 rings (SSSR count). The number of carbonyl (C=O) groups excluding carboxylic acids is 1. The first-order valence-electron chi connectivity index (χ1n) is 5.10. The van der Waals surface area contributed by atoms with Crippen molar-refractivity contribution < 1.29 is 13.9 Å². The maximum absolute atomic E-state index is 11.4. The van der Waals surface area contributed by atoms with Crippen molar-refractivity contribution in [1.82, 2.24) is 4.98 Å². The summed E-state index contributed by atoms with van der Waals surface area (Å²) in [6.45, 7) is 0. The maximum Gasteiger partial charge on any atom is 0.341 e. The Balaban J connectivity index is 2.09. The van der Waals surface area contributed by atoms with Crippen molar-refractivity contribution in [3.05, 3.63) is 47.0 Å². The number of aromatic nitrogens is 1. The molecule has 18 heavy (non-hydrogen) atoms. The monoisotopic (exact) mass is 283 g/mol. The zero-order valence-corrected chi connectivity index (χ0v) is 11.1. The van der Waals surface area contributed by atoms with Gasteiger partial charge in [0.2, 0.25) is 0 Å². The van der Waals surface area contributed by atoms with Crippen LogP contribution in [0.2, 0.25) is 5.02 Å². The van der Waals surface area contributed by atoms with Crippen LogP contribution in [0.5, 0.6) is 0 Å². The number of furan rings is 1. The summed E-state index contributed by atoms with van der Waals surface area (Å²) in [4.78, 5) is 15.6. The summed E-state index contributed by atoms with van der Waals surface area (Å²) in [6, 6.07) is 5.11. The number of pyridine rings is 1. The standard InChI is InChI=1S/C12H10ClNO3S/c1-16-12(15)8-4-6-17-10(8)7-18-11-9(13)3-2-5-14-11/h2-6H,7H2,1H3. The highest BCUT2D eigenvalue weighted by atomic mass is 35.5. The Bertz CT molecular complexity index is 556. The van der Waals surface area contributed by atoms with Crippen molar-refractivity contribution in [2.75, 3.05) is 7.11 Å². The van der Waals surface area contributed by atoms with Gasteiger partial charge in [0.25, 0.3) is 0 Å². The molecule has 0 aliphatic rings. The third kappa shape index (κ3) is 2.86. The predicted molar refractivity (Wildman–Crippen MR) is 68.9 cm³/mol. The van der Waals surface area contributed by atoms with Gasteiger partial charge in [-0.15, -0.1) is 0 Å². The Kier molecular flexibility index (Phi) is 4.28.